The molecule has 1 saturated heterocycles. The van der Waals surface area contributed by atoms with Gasteiger partial charge in [-0.15, -0.1) is 11.6 Å². The van der Waals surface area contributed by atoms with Crippen molar-refractivity contribution in [3.8, 4) is 0 Å². The Balaban J connectivity index is 2.39. The van der Waals surface area contributed by atoms with Gasteiger partial charge in [0.05, 0.1) is 5.75 Å². The minimum absolute atomic E-state index is 0.0570. The van der Waals surface area contributed by atoms with E-state index in [4.69, 9.17) is 11.6 Å². The van der Waals surface area contributed by atoms with Gasteiger partial charge in [0, 0.05) is 31.9 Å². The Morgan fingerprint density at radius 1 is 1.33 bits per heavy atom. The minimum atomic E-state index is -3.15. The minimum Gasteiger partial charge on any atom is -0.354 e. The van der Waals surface area contributed by atoms with E-state index >= 15 is 0 Å². The van der Waals surface area contributed by atoms with E-state index in [0.29, 0.717) is 38.2 Å². The third kappa shape index (κ3) is 5.12. The van der Waals surface area contributed by atoms with Gasteiger partial charge in [-0.25, -0.2) is 12.7 Å². The van der Waals surface area contributed by atoms with E-state index in [-0.39, 0.29) is 17.7 Å². The second kappa shape index (κ2) is 7.31. The number of rotatable bonds is 6. The highest BCUT2D eigenvalue weighted by molar-refractivity contribution is 7.89. The molecule has 1 rings (SSSR count). The van der Waals surface area contributed by atoms with Crippen molar-refractivity contribution in [3.05, 3.63) is 0 Å². The number of halogens is 1. The Bertz CT molecular complexity index is 364. The average Bonchev–Trinajstić information content (AvgIpc) is 2.29. The van der Waals surface area contributed by atoms with Gasteiger partial charge in [0.1, 0.15) is 0 Å². The maximum Gasteiger partial charge on any atom is 0.217 e. The lowest BCUT2D eigenvalue weighted by Crippen LogP contribution is -2.46. The van der Waals surface area contributed by atoms with E-state index in [0.717, 1.165) is 6.42 Å². The summed E-state index contributed by atoms with van der Waals surface area (Å²) in [6.45, 7) is 2.47. The summed E-state index contributed by atoms with van der Waals surface area (Å²) in [6, 6.07) is 0.108. The lowest BCUT2D eigenvalue weighted by molar-refractivity contribution is -0.119. The van der Waals surface area contributed by atoms with Crippen LogP contribution in [0.5, 0.6) is 0 Å². The smallest absolute Gasteiger partial charge is 0.217 e. The van der Waals surface area contributed by atoms with Crippen LogP contribution in [0, 0.1) is 0 Å². The van der Waals surface area contributed by atoms with E-state index in [9.17, 15) is 13.2 Å². The van der Waals surface area contributed by atoms with Gasteiger partial charge in [-0.3, -0.25) is 4.79 Å². The van der Waals surface area contributed by atoms with Crippen LogP contribution >= 0.6 is 11.6 Å². The van der Waals surface area contributed by atoms with Crippen LogP contribution in [0.4, 0.5) is 0 Å². The van der Waals surface area contributed by atoms with Crippen LogP contribution in [-0.2, 0) is 14.8 Å². The number of hydrogen-bond donors (Lipinski definition) is 1. The summed E-state index contributed by atoms with van der Waals surface area (Å²) in [4.78, 5) is 10.9. The molecule has 1 aliphatic heterocycles. The van der Waals surface area contributed by atoms with Crippen molar-refractivity contribution < 1.29 is 13.2 Å². The zero-order chi connectivity index (χ0) is 13.6. The van der Waals surface area contributed by atoms with Crippen LogP contribution in [0.25, 0.3) is 0 Å². The lowest BCUT2D eigenvalue weighted by Gasteiger charge is -2.31. The summed E-state index contributed by atoms with van der Waals surface area (Å²) in [5.74, 6) is 0.614. The van der Waals surface area contributed by atoms with E-state index < -0.39 is 10.0 Å². The molecule has 1 aliphatic rings. The van der Waals surface area contributed by atoms with Gasteiger partial charge in [0.25, 0.3) is 0 Å². The molecule has 1 heterocycles. The number of carbonyl (C=O) groups is 1. The van der Waals surface area contributed by atoms with Crippen molar-refractivity contribution in [2.45, 2.75) is 38.6 Å². The summed E-state index contributed by atoms with van der Waals surface area (Å²) < 4.78 is 25.5. The lowest BCUT2D eigenvalue weighted by atomic mass is 10.1. The SMILES string of the molecule is CC(=O)NC1CCN(S(=O)(=O)CCCCCl)CC1. The monoisotopic (exact) mass is 296 g/mol. The number of nitrogens with zero attached hydrogens (tertiary/aromatic N) is 1. The number of nitrogens with one attached hydrogen (secondary N) is 1. The van der Waals surface area contributed by atoms with Crippen molar-refractivity contribution in [2.24, 2.45) is 0 Å². The Kier molecular flexibility index (Phi) is 6.38. The van der Waals surface area contributed by atoms with Crippen molar-refractivity contribution in [3.63, 3.8) is 0 Å². The molecule has 0 saturated carbocycles. The molecule has 1 fully saturated rings. The Labute approximate surface area is 114 Å². The average molecular weight is 297 g/mol. The van der Waals surface area contributed by atoms with Gasteiger partial charge in [-0.2, -0.15) is 0 Å². The molecule has 1 N–H and O–H groups in total. The van der Waals surface area contributed by atoms with Gasteiger partial charge < -0.3 is 5.32 Å². The molecule has 0 bridgehead atoms. The Morgan fingerprint density at radius 3 is 2.44 bits per heavy atom. The molecule has 0 atom stereocenters. The second-order valence-electron chi connectivity index (χ2n) is 4.59. The van der Waals surface area contributed by atoms with Crippen molar-refractivity contribution in [1.29, 1.82) is 0 Å². The normalized spacial score (nSPS) is 18.8. The predicted octanol–water partition coefficient (Wildman–Crippen LogP) is 0.936. The molecular formula is C11H21ClN2O3S. The molecule has 0 aromatic rings. The second-order valence-corrected chi connectivity index (χ2v) is 7.05. The number of carbonyl (C=O) groups excluding carboxylic acids is 1. The molecule has 0 aliphatic carbocycles. The number of piperidine rings is 1. The molecule has 0 aromatic heterocycles. The summed E-state index contributed by atoms with van der Waals surface area (Å²) in [7, 11) is -3.15. The molecule has 0 aromatic carbocycles. The fourth-order valence-corrected chi connectivity index (χ4v) is 3.86. The highest BCUT2D eigenvalue weighted by atomic mass is 35.5. The molecule has 0 unspecified atom stereocenters. The first-order valence-electron chi connectivity index (χ1n) is 6.26. The molecular weight excluding hydrogens is 276 g/mol. The fraction of sp³-hybridized carbons (Fsp3) is 0.909. The van der Waals surface area contributed by atoms with Crippen molar-refractivity contribution in [2.75, 3.05) is 24.7 Å². The number of sulfonamides is 1. The highest BCUT2D eigenvalue weighted by Gasteiger charge is 2.27. The van der Waals surface area contributed by atoms with E-state index in [1.54, 1.807) is 0 Å². The van der Waals surface area contributed by atoms with Crippen LogP contribution < -0.4 is 5.32 Å². The Morgan fingerprint density at radius 2 is 1.94 bits per heavy atom. The van der Waals surface area contributed by atoms with Gasteiger partial charge in [0.15, 0.2) is 0 Å². The first-order chi connectivity index (χ1) is 8.45. The number of amides is 1. The van der Waals surface area contributed by atoms with Gasteiger partial charge in [0.2, 0.25) is 15.9 Å². The summed E-state index contributed by atoms with van der Waals surface area (Å²) in [5.41, 5.74) is 0. The standard InChI is InChI=1S/C11H21ClN2O3S/c1-10(15)13-11-4-7-14(8-5-11)18(16,17)9-3-2-6-12/h11H,2-9H2,1H3,(H,13,15). The number of hydrogen-bond acceptors (Lipinski definition) is 3. The zero-order valence-electron chi connectivity index (χ0n) is 10.7. The summed E-state index contributed by atoms with van der Waals surface area (Å²) in [6.07, 6.45) is 2.71. The summed E-state index contributed by atoms with van der Waals surface area (Å²) >= 11 is 5.54. The maximum atomic E-state index is 12.0. The quantitative estimate of drug-likeness (QED) is 0.586. The van der Waals surface area contributed by atoms with E-state index in [1.807, 2.05) is 0 Å². The van der Waals surface area contributed by atoms with Gasteiger partial charge in [-0.05, 0) is 25.7 Å². The molecule has 18 heavy (non-hydrogen) atoms. The number of unbranched alkanes of at least 4 members (excludes halogenated alkanes) is 1. The van der Waals surface area contributed by atoms with Gasteiger partial charge in [-0.1, -0.05) is 0 Å². The first-order valence-corrected chi connectivity index (χ1v) is 8.41. The third-order valence-electron chi connectivity index (χ3n) is 3.04. The van der Waals surface area contributed by atoms with Crippen LogP contribution in [0.2, 0.25) is 0 Å². The van der Waals surface area contributed by atoms with Crippen LogP contribution in [0.1, 0.15) is 32.6 Å². The highest BCUT2D eigenvalue weighted by Crippen LogP contribution is 2.15. The molecule has 5 nitrogen and oxygen atoms in total. The first kappa shape index (κ1) is 15.7. The molecule has 1 amide bonds. The van der Waals surface area contributed by atoms with Crippen molar-refractivity contribution >= 4 is 27.5 Å². The predicted molar refractivity (Wildman–Crippen MR) is 72.2 cm³/mol. The zero-order valence-corrected chi connectivity index (χ0v) is 12.3. The van der Waals surface area contributed by atoms with Crippen LogP contribution in [0.15, 0.2) is 0 Å². The van der Waals surface area contributed by atoms with Crippen LogP contribution in [0.3, 0.4) is 0 Å². The fourth-order valence-electron chi connectivity index (χ4n) is 2.07. The molecule has 106 valence electrons. The van der Waals surface area contributed by atoms with E-state index in [1.165, 1.54) is 11.2 Å². The third-order valence-corrected chi connectivity index (χ3v) is 5.26. The summed E-state index contributed by atoms with van der Waals surface area (Å²) in [5, 5.41) is 2.83. The van der Waals surface area contributed by atoms with Crippen molar-refractivity contribution in [1.82, 2.24) is 9.62 Å². The van der Waals surface area contributed by atoms with E-state index in [2.05, 4.69) is 5.32 Å². The van der Waals surface area contributed by atoms with Gasteiger partial charge >= 0.3 is 0 Å². The maximum absolute atomic E-state index is 12.0. The molecule has 7 heteroatoms. The van der Waals surface area contributed by atoms with Crippen LogP contribution in [-0.4, -0.2) is 49.4 Å². The molecule has 0 radical (unpaired) electrons. The topological polar surface area (TPSA) is 66.5 Å². The number of alkyl halides is 1. The molecule has 0 spiro atoms. The Hall–Kier alpha value is -0.330. The largest absolute Gasteiger partial charge is 0.354 e.